The van der Waals surface area contributed by atoms with Gasteiger partial charge in [-0.05, 0) is 41.7 Å². The van der Waals surface area contributed by atoms with E-state index in [1.54, 1.807) is 12.1 Å². The highest BCUT2D eigenvalue weighted by atomic mass is 19.3. The van der Waals surface area contributed by atoms with Gasteiger partial charge in [0.05, 0.1) is 25.3 Å². The Morgan fingerprint density at radius 2 is 1.91 bits per heavy atom. The Kier molecular flexibility index (Phi) is 6.25. The van der Waals surface area contributed by atoms with Gasteiger partial charge in [0.1, 0.15) is 18.1 Å². The van der Waals surface area contributed by atoms with Crippen LogP contribution in [-0.2, 0) is 14.9 Å². The molecule has 3 aromatic rings. The normalized spacial score (nSPS) is 15.1. The van der Waals surface area contributed by atoms with E-state index in [0.717, 1.165) is 22.0 Å². The van der Waals surface area contributed by atoms with Crippen LogP contribution in [0.15, 0.2) is 22.6 Å². The maximum atomic E-state index is 12.7. The Bertz CT molecular complexity index is 1090. The summed E-state index contributed by atoms with van der Waals surface area (Å²) < 4.78 is 47.1. The van der Waals surface area contributed by atoms with Crippen molar-refractivity contribution < 1.29 is 27.4 Å². The lowest BCUT2D eigenvalue weighted by Gasteiger charge is -2.23. The van der Waals surface area contributed by atoms with E-state index in [1.165, 1.54) is 0 Å². The summed E-state index contributed by atoms with van der Waals surface area (Å²) in [5.74, 6) is 0.657. The van der Waals surface area contributed by atoms with Gasteiger partial charge in [-0.3, -0.25) is 0 Å². The van der Waals surface area contributed by atoms with E-state index in [4.69, 9.17) is 23.6 Å². The van der Waals surface area contributed by atoms with Crippen molar-refractivity contribution in [2.24, 2.45) is 0 Å². The number of aryl methyl sites for hydroxylation is 1. The minimum absolute atomic E-state index is 0.241. The topological polar surface area (TPSA) is 91.5 Å². The number of halogens is 2. The number of pyridine rings is 1. The molecule has 172 valence electrons. The summed E-state index contributed by atoms with van der Waals surface area (Å²) in [5, 5.41) is 11.9. The summed E-state index contributed by atoms with van der Waals surface area (Å²) in [6.07, 6.45) is -2.89. The predicted octanol–water partition coefficient (Wildman–Crippen LogP) is 4.32. The van der Waals surface area contributed by atoms with E-state index in [-0.39, 0.29) is 23.6 Å². The third kappa shape index (κ3) is 4.97. The van der Waals surface area contributed by atoms with Gasteiger partial charge < -0.3 is 23.9 Å². The molecule has 10 heteroatoms. The Labute approximate surface area is 184 Å². The van der Waals surface area contributed by atoms with Crippen molar-refractivity contribution in [3.63, 3.8) is 0 Å². The highest BCUT2D eigenvalue weighted by molar-refractivity contribution is 5.89. The number of fused-ring (bicyclic) bond motifs is 1. The molecule has 8 nitrogen and oxygen atoms in total. The quantitative estimate of drug-likeness (QED) is 0.572. The molecule has 0 bridgehead atoms. The van der Waals surface area contributed by atoms with Crippen LogP contribution < -0.4 is 10.1 Å². The second-order valence-corrected chi connectivity index (χ2v) is 8.61. The summed E-state index contributed by atoms with van der Waals surface area (Å²) in [5.41, 5.74) is 2.72. The first-order valence-corrected chi connectivity index (χ1v) is 10.4. The highest BCUT2D eigenvalue weighted by Crippen LogP contribution is 2.36. The van der Waals surface area contributed by atoms with Crippen molar-refractivity contribution in [1.29, 1.82) is 0 Å². The van der Waals surface area contributed by atoms with E-state index >= 15 is 0 Å². The number of benzene rings is 1. The number of rotatable bonds is 7. The van der Waals surface area contributed by atoms with Crippen LogP contribution in [0, 0.1) is 6.92 Å². The van der Waals surface area contributed by atoms with Crippen LogP contribution in [0.5, 0.6) is 5.75 Å². The standard InChI is InChI=1S/C22H26F2N4O4/c1-12-7-16(20-27-28-21(32-20)25-10-18-29-5-6-30-18)26-19-14(12)8-13(31-11-17(23)24)9-15(19)22(2,3)4/h7-9,17-18H,5-6,10-11H2,1-4H3,(H,25,28). The molecule has 0 atom stereocenters. The fraction of sp³-hybridized carbons (Fsp3) is 0.500. The van der Waals surface area contributed by atoms with Crippen LogP contribution in [0.2, 0.25) is 0 Å². The minimum atomic E-state index is -2.54. The number of anilines is 1. The molecule has 1 saturated heterocycles. The van der Waals surface area contributed by atoms with Crippen molar-refractivity contribution in [1.82, 2.24) is 15.2 Å². The molecule has 3 heterocycles. The van der Waals surface area contributed by atoms with Gasteiger partial charge in [0.15, 0.2) is 6.29 Å². The van der Waals surface area contributed by atoms with Crippen molar-refractivity contribution in [3.8, 4) is 17.3 Å². The first kappa shape index (κ1) is 22.3. The molecule has 1 aromatic carbocycles. The molecule has 1 aliphatic heterocycles. The lowest BCUT2D eigenvalue weighted by atomic mass is 9.84. The Morgan fingerprint density at radius 1 is 1.16 bits per heavy atom. The molecular weight excluding hydrogens is 422 g/mol. The van der Waals surface area contributed by atoms with Crippen molar-refractivity contribution in [2.45, 2.75) is 45.8 Å². The first-order valence-electron chi connectivity index (χ1n) is 10.4. The van der Waals surface area contributed by atoms with Gasteiger partial charge in [0.2, 0.25) is 0 Å². The molecule has 1 fully saturated rings. The van der Waals surface area contributed by atoms with Gasteiger partial charge in [-0.2, -0.15) is 0 Å². The molecule has 0 saturated carbocycles. The summed E-state index contributed by atoms with van der Waals surface area (Å²) in [6.45, 7) is 8.87. The molecule has 0 radical (unpaired) electrons. The Morgan fingerprint density at radius 3 is 2.59 bits per heavy atom. The molecule has 1 aliphatic rings. The first-order chi connectivity index (χ1) is 15.2. The maximum Gasteiger partial charge on any atom is 0.315 e. The molecule has 2 aromatic heterocycles. The number of hydrogen-bond acceptors (Lipinski definition) is 8. The molecular formula is C22H26F2N4O4. The number of hydrogen-bond donors (Lipinski definition) is 1. The van der Waals surface area contributed by atoms with Crippen LogP contribution in [0.4, 0.5) is 14.8 Å². The number of nitrogens with zero attached hydrogens (tertiary/aromatic N) is 3. The molecule has 0 unspecified atom stereocenters. The van der Waals surface area contributed by atoms with Gasteiger partial charge in [-0.15, -0.1) is 5.10 Å². The SMILES string of the molecule is Cc1cc(-c2nnc(NCC3OCCO3)o2)nc2c(C(C)(C)C)cc(OCC(F)F)cc12. The summed E-state index contributed by atoms with van der Waals surface area (Å²) in [4.78, 5) is 4.78. The number of nitrogens with one attached hydrogen (secondary N) is 1. The van der Waals surface area contributed by atoms with Gasteiger partial charge in [0.25, 0.3) is 12.3 Å². The summed E-state index contributed by atoms with van der Waals surface area (Å²) >= 11 is 0. The van der Waals surface area contributed by atoms with E-state index in [1.807, 2.05) is 33.8 Å². The largest absolute Gasteiger partial charge is 0.488 e. The monoisotopic (exact) mass is 448 g/mol. The third-order valence-electron chi connectivity index (χ3n) is 5.03. The van der Waals surface area contributed by atoms with Crippen LogP contribution >= 0.6 is 0 Å². The average Bonchev–Trinajstić information content (AvgIpc) is 3.41. The lowest BCUT2D eigenvalue weighted by molar-refractivity contribution is -0.0302. The van der Waals surface area contributed by atoms with Crippen molar-refractivity contribution in [2.75, 3.05) is 31.7 Å². The van der Waals surface area contributed by atoms with Gasteiger partial charge in [0, 0.05) is 5.39 Å². The van der Waals surface area contributed by atoms with Gasteiger partial charge in [-0.1, -0.05) is 25.9 Å². The van der Waals surface area contributed by atoms with Crippen molar-refractivity contribution >= 4 is 16.9 Å². The second-order valence-electron chi connectivity index (χ2n) is 8.61. The predicted molar refractivity (Wildman–Crippen MR) is 114 cm³/mol. The summed E-state index contributed by atoms with van der Waals surface area (Å²) in [6, 6.07) is 5.57. The second kappa shape index (κ2) is 8.95. The van der Waals surface area contributed by atoms with Crippen LogP contribution in [-0.4, -0.2) is 54.3 Å². The third-order valence-corrected chi connectivity index (χ3v) is 5.03. The molecule has 0 amide bonds. The number of alkyl halides is 2. The van der Waals surface area contributed by atoms with Gasteiger partial charge in [-0.25, -0.2) is 13.8 Å². The molecule has 0 spiro atoms. The fourth-order valence-corrected chi connectivity index (χ4v) is 3.48. The van der Waals surface area contributed by atoms with Gasteiger partial charge >= 0.3 is 6.01 Å². The Hall–Kier alpha value is -2.85. The minimum Gasteiger partial charge on any atom is -0.488 e. The lowest BCUT2D eigenvalue weighted by Crippen LogP contribution is -2.20. The van der Waals surface area contributed by atoms with E-state index in [9.17, 15) is 8.78 Å². The summed E-state index contributed by atoms with van der Waals surface area (Å²) in [7, 11) is 0. The van der Waals surface area contributed by atoms with E-state index < -0.39 is 13.0 Å². The van der Waals surface area contributed by atoms with E-state index in [2.05, 4.69) is 15.5 Å². The number of aromatic nitrogens is 3. The van der Waals surface area contributed by atoms with Crippen LogP contribution in [0.3, 0.4) is 0 Å². The highest BCUT2D eigenvalue weighted by Gasteiger charge is 2.23. The Balaban J connectivity index is 1.67. The molecule has 32 heavy (non-hydrogen) atoms. The zero-order valence-electron chi connectivity index (χ0n) is 18.4. The zero-order valence-corrected chi connectivity index (χ0v) is 18.4. The number of ether oxygens (including phenoxy) is 3. The van der Waals surface area contributed by atoms with Crippen LogP contribution in [0.1, 0.15) is 31.9 Å². The molecule has 1 N–H and O–H groups in total. The molecule has 0 aliphatic carbocycles. The smallest absolute Gasteiger partial charge is 0.315 e. The molecule has 4 rings (SSSR count). The fourth-order valence-electron chi connectivity index (χ4n) is 3.48. The van der Waals surface area contributed by atoms with Crippen LogP contribution in [0.25, 0.3) is 22.5 Å². The van der Waals surface area contributed by atoms with E-state index in [0.29, 0.717) is 31.2 Å². The zero-order chi connectivity index (χ0) is 22.9. The van der Waals surface area contributed by atoms with Crippen molar-refractivity contribution in [3.05, 3.63) is 29.3 Å². The average molecular weight is 448 g/mol. The maximum absolute atomic E-state index is 12.7.